The first-order valence-electron chi connectivity index (χ1n) is 10.2. The monoisotopic (exact) mass is 474 g/mol. The van der Waals surface area contributed by atoms with Gasteiger partial charge in [-0.15, -0.1) is 0 Å². The number of amides is 1. The number of halogens is 1. The highest BCUT2D eigenvalue weighted by Gasteiger charge is 2.21. The SMILES string of the molecule is CNC(=O)COc1cc2cc(Nc3nc(N4CCOC(O)C4)ncc3Cl)ccc2n(C)c1=O. The number of nitrogens with zero attached hydrogens (tertiary/aromatic N) is 4. The molecule has 12 heteroatoms. The van der Waals surface area contributed by atoms with Crippen LogP contribution in [0.25, 0.3) is 10.9 Å². The number of likely N-dealkylation sites (N-methyl/N-ethyl adjacent to an activating group) is 1. The lowest BCUT2D eigenvalue weighted by Gasteiger charge is -2.30. The molecule has 174 valence electrons. The second-order valence-electron chi connectivity index (χ2n) is 7.37. The quantitative estimate of drug-likeness (QED) is 0.479. The number of β-amino-alcohol motifs (C(OH)–C–C–N with tert-alkyl or cyclic N) is 1. The van der Waals surface area contributed by atoms with Crippen molar-refractivity contribution in [3.63, 3.8) is 0 Å². The van der Waals surface area contributed by atoms with E-state index < -0.39 is 6.29 Å². The van der Waals surface area contributed by atoms with E-state index in [1.54, 1.807) is 25.2 Å². The summed E-state index contributed by atoms with van der Waals surface area (Å²) in [6.07, 6.45) is 0.588. The zero-order chi connectivity index (χ0) is 23.5. The summed E-state index contributed by atoms with van der Waals surface area (Å²) in [4.78, 5) is 34.6. The van der Waals surface area contributed by atoms with Crippen molar-refractivity contribution in [2.75, 3.05) is 43.6 Å². The molecule has 4 rings (SSSR count). The summed E-state index contributed by atoms with van der Waals surface area (Å²) in [6, 6.07) is 6.99. The highest BCUT2D eigenvalue weighted by molar-refractivity contribution is 6.32. The van der Waals surface area contributed by atoms with Crippen LogP contribution in [0.2, 0.25) is 5.02 Å². The van der Waals surface area contributed by atoms with E-state index in [0.717, 1.165) is 5.39 Å². The molecule has 33 heavy (non-hydrogen) atoms. The Morgan fingerprint density at radius 3 is 2.97 bits per heavy atom. The molecule has 0 aliphatic carbocycles. The van der Waals surface area contributed by atoms with Gasteiger partial charge in [0.1, 0.15) is 5.02 Å². The zero-order valence-electron chi connectivity index (χ0n) is 18.0. The lowest BCUT2D eigenvalue weighted by Crippen LogP contribution is -2.43. The molecule has 1 fully saturated rings. The fraction of sp³-hybridized carbons (Fsp3) is 0.333. The number of pyridine rings is 1. The molecule has 3 aromatic rings. The molecule has 0 saturated carbocycles. The van der Waals surface area contributed by atoms with Gasteiger partial charge in [-0.3, -0.25) is 9.59 Å². The van der Waals surface area contributed by atoms with Crippen molar-refractivity contribution in [1.29, 1.82) is 0 Å². The molecule has 2 aromatic heterocycles. The molecule has 3 N–H and O–H groups in total. The van der Waals surface area contributed by atoms with Gasteiger partial charge < -0.3 is 34.7 Å². The molecule has 0 spiro atoms. The number of aryl methyl sites for hydroxylation is 1. The Morgan fingerprint density at radius 1 is 1.39 bits per heavy atom. The Morgan fingerprint density at radius 2 is 2.21 bits per heavy atom. The number of rotatable bonds is 6. The third-order valence-corrected chi connectivity index (χ3v) is 5.43. The molecule has 3 heterocycles. The minimum absolute atomic E-state index is 0.0685. The van der Waals surface area contributed by atoms with Crippen LogP contribution in [0.1, 0.15) is 0 Å². The molecule has 11 nitrogen and oxygen atoms in total. The normalized spacial score (nSPS) is 16.0. The lowest BCUT2D eigenvalue weighted by molar-refractivity contribution is -0.122. The van der Waals surface area contributed by atoms with E-state index >= 15 is 0 Å². The van der Waals surface area contributed by atoms with E-state index in [1.165, 1.54) is 17.8 Å². The summed E-state index contributed by atoms with van der Waals surface area (Å²) >= 11 is 6.30. The number of benzene rings is 1. The van der Waals surface area contributed by atoms with Crippen molar-refractivity contribution in [1.82, 2.24) is 19.9 Å². The molecular formula is C21H23ClN6O5. The molecule has 1 unspecified atom stereocenters. The van der Waals surface area contributed by atoms with E-state index in [2.05, 4.69) is 20.6 Å². The van der Waals surface area contributed by atoms with Crippen molar-refractivity contribution in [2.45, 2.75) is 6.29 Å². The van der Waals surface area contributed by atoms with Crippen LogP contribution in [-0.4, -0.2) is 65.2 Å². The maximum atomic E-state index is 12.5. The van der Waals surface area contributed by atoms with Gasteiger partial charge in [0.2, 0.25) is 5.95 Å². The number of anilines is 3. The fourth-order valence-corrected chi connectivity index (χ4v) is 3.54. The second kappa shape index (κ2) is 9.61. The molecule has 1 saturated heterocycles. The molecule has 0 bridgehead atoms. The summed E-state index contributed by atoms with van der Waals surface area (Å²) in [5.74, 6) is 0.536. The van der Waals surface area contributed by atoms with Crippen LogP contribution in [0, 0.1) is 0 Å². The number of carbonyl (C=O) groups excluding carboxylic acids is 1. The van der Waals surface area contributed by atoms with Crippen LogP contribution in [0.5, 0.6) is 5.75 Å². The third-order valence-electron chi connectivity index (χ3n) is 5.15. The number of morpholine rings is 1. The van der Waals surface area contributed by atoms with Gasteiger partial charge in [0.05, 0.1) is 24.9 Å². The molecule has 1 amide bonds. The smallest absolute Gasteiger partial charge is 0.293 e. The van der Waals surface area contributed by atoms with Gasteiger partial charge in [-0.2, -0.15) is 4.98 Å². The number of nitrogens with one attached hydrogen (secondary N) is 2. The zero-order valence-corrected chi connectivity index (χ0v) is 18.8. The lowest BCUT2D eigenvalue weighted by atomic mass is 10.2. The average Bonchev–Trinajstić information content (AvgIpc) is 2.81. The van der Waals surface area contributed by atoms with Crippen LogP contribution < -0.4 is 25.8 Å². The summed E-state index contributed by atoms with van der Waals surface area (Å²) in [5, 5.41) is 16.4. The van der Waals surface area contributed by atoms with E-state index in [4.69, 9.17) is 21.1 Å². The topological polar surface area (TPSA) is 131 Å². The van der Waals surface area contributed by atoms with E-state index in [1.807, 2.05) is 11.0 Å². The van der Waals surface area contributed by atoms with Gasteiger partial charge in [-0.25, -0.2) is 4.98 Å². The minimum atomic E-state index is -0.901. The number of aliphatic hydroxyl groups is 1. The van der Waals surface area contributed by atoms with Crippen LogP contribution in [-0.2, 0) is 16.6 Å². The van der Waals surface area contributed by atoms with E-state index in [9.17, 15) is 14.7 Å². The van der Waals surface area contributed by atoms with Gasteiger partial charge in [-0.1, -0.05) is 11.6 Å². The fourth-order valence-electron chi connectivity index (χ4n) is 3.40. The minimum Gasteiger partial charge on any atom is -0.478 e. The first-order valence-corrected chi connectivity index (χ1v) is 10.5. The van der Waals surface area contributed by atoms with Gasteiger partial charge in [0.15, 0.2) is 24.5 Å². The van der Waals surface area contributed by atoms with Crippen molar-refractivity contribution < 1.29 is 19.4 Å². The molecule has 1 atom stereocenters. The number of aromatic nitrogens is 3. The summed E-state index contributed by atoms with van der Waals surface area (Å²) in [7, 11) is 3.13. The van der Waals surface area contributed by atoms with Crippen LogP contribution in [0.15, 0.2) is 35.3 Å². The maximum Gasteiger partial charge on any atom is 0.293 e. The van der Waals surface area contributed by atoms with Crippen LogP contribution in [0.3, 0.4) is 0 Å². The highest BCUT2D eigenvalue weighted by atomic mass is 35.5. The average molecular weight is 475 g/mol. The summed E-state index contributed by atoms with van der Waals surface area (Å²) in [5.41, 5.74) is 1.02. The molecule has 1 aromatic carbocycles. The molecule has 0 radical (unpaired) electrons. The van der Waals surface area contributed by atoms with Gasteiger partial charge in [-0.05, 0) is 24.3 Å². The van der Waals surface area contributed by atoms with Gasteiger partial charge >= 0.3 is 0 Å². The maximum absolute atomic E-state index is 12.5. The highest BCUT2D eigenvalue weighted by Crippen LogP contribution is 2.28. The number of carbonyl (C=O) groups is 1. The predicted molar refractivity (Wildman–Crippen MR) is 123 cm³/mol. The molecule has 1 aliphatic rings. The Labute approximate surface area is 193 Å². The number of ether oxygens (including phenoxy) is 2. The Bertz CT molecular complexity index is 1250. The Hall–Kier alpha value is -3.41. The van der Waals surface area contributed by atoms with Crippen molar-refractivity contribution in [3.8, 4) is 5.75 Å². The summed E-state index contributed by atoms with van der Waals surface area (Å²) in [6.45, 7) is 0.902. The van der Waals surface area contributed by atoms with Gasteiger partial charge in [0.25, 0.3) is 11.5 Å². The third kappa shape index (κ3) is 5.00. The largest absolute Gasteiger partial charge is 0.478 e. The van der Waals surface area contributed by atoms with Crippen molar-refractivity contribution in [2.24, 2.45) is 7.05 Å². The van der Waals surface area contributed by atoms with Gasteiger partial charge in [0, 0.05) is 31.7 Å². The first-order chi connectivity index (χ1) is 15.9. The van der Waals surface area contributed by atoms with Crippen molar-refractivity contribution in [3.05, 3.63) is 45.8 Å². The van der Waals surface area contributed by atoms with E-state index in [0.29, 0.717) is 41.1 Å². The number of fused-ring (bicyclic) bond motifs is 1. The number of hydrogen-bond donors (Lipinski definition) is 3. The van der Waals surface area contributed by atoms with Crippen LogP contribution in [0.4, 0.5) is 17.5 Å². The summed E-state index contributed by atoms with van der Waals surface area (Å²) < 4.78 is 12.0. The molecule has 1 aliphatic heterocycles. The number of aliphatic hydroxyl groups excluding tert-OH is 1. The first kappa shape index (κ1) is 22.8. The number of hydrogen-bond acceptors (Lipinski definition) is 9. The molecular weight excluding hydrogens is 452 g/mol. The predicted octanol–water partition coefficient (Wildman–Crippen LogP) is 1.01. The van der Waals surface area contributed by atoms with Crippen LogP contribution >= 0.6 is 11.6 Å². The Balaban J connectivity index is 1.62. The van der Waals surface area contributed by atoms with Crippen molar-refractivity contribution >= 4 is 45.9 Å². The second-order valence-corrected chi connectivity index (χ2v) is 7.78. The Kier molecular flexibility index (Phi) is 6.63. The standard InChI is InChI=1S/C21H23ClN6O5/c1-23-17(29)11-33-16-8-12-7-13(3-4-15(12)27(2)20(16)31)25-19-14(22)9-24-21(26-19)28-5-6-32-18(30)10-28/h3-4,7-9,18,30H,5-6,10-11H2,1-2H3,(H,23,29)(H,24,25,26). The van der Waals surface area contributed by atoms with E-state index in [-0.39, 0.29) is 30.4 Å².